The number of benzene rings is 1. The lowest BCUT2D eigenvalue weighted by Gasteiger charge is -2.22. The van der Waals surface area contributed by atoms with Gasteiger partial charge in [-0.15, -0.1) is 0 Å². The van der Waals surface area contributed by atoms with Crippen molar-refractivity contribution in [3.05, 3.63) is 29.3 Å². The second kappa shape index (κ2) is 7.73. The van der Waals surface area contributed by atoms with E-state index in [4.69, 9.17) is 10.00 Å². The van der Waals surface area contributed by atoms with Crippen molar-refractivity contribution in [3.8, 4) is 11.8 Å². The molecule has 1 aromatic rings. The van der Waals surface area contributed by atoms with Crippen LogP contribution in [-0.4, -0.2) is 25.1 Å². The third kappa shape index (κ3) is 4.05. The Morgan fingerprint density at radius 3 is 2.39 bits per heavy atom. The van der Waals surface area contributed by atoms with Crippen LogP contribution in [0, 0.1) is 11.3 Å². The molecule has 1 rings (SSSR count). The Kier molecular flexibility index (Phi) is 6.24. The Morgan fingerprint density at radius 2 is 1.89 bits per heavy atom. The van der Waals surface area contributed by atoms with Gasteiger partial charge in [-0.05, 0) is 44.1 Å². The van der Waals surface area contributed by atoms with E-state index in [2.05, 4.69) is 24.8 Å². The number of hydrogen-bond acceptors (Lipinski definition) is 3. The monoisotopic (exact) mass is 246 g/mol. The van der Waals surface area contributed by atoms with Crippen LogP contribution in [0.4, 0.5) is 0 Å². The van der Waals surface area contributed by atoms with Crippen molar-refractivity contribution in [2.24, 2.45) is 0 Å². The van der Waals surface area contributed by atoms with Crippen molar-refractivity contribution in [1.82, 2.24) is 4.90 Å². The number of ether oxygens (including phenoxy) is 1. The maximum absolute atomic E-state index is 8.96. The lowest BCUT2D eigenvalue weighted by molar-refractivity contribution is 0.262. The second-order valence-electron chi connectivity index (χ2n) is 4.41. The Hall–Kier alpha value is -1.53. The molecule has 0 aliphatic heterocycles. The zero-order chi connectivity index (χ0) is 13.4. The predicted molar refractivity (Wildman–Crippen MR) is 73.6 cm³/mol. The van der Waals surface area contributed by atoms with Crippen LogP contribution in [0.15, 0.2) is 18.2 Å². The molecule has 0 saturated heterocycles. The number of hydrogen-bond donors (Lipinski definition) is 0. The molecule has 0 aromatic heterocycles. The number of nitrogens with zero attached hydrogens (tertiary/aromatic N) is 2. The van der Waals surface area contributed by atoms with E-state index in [-0.39, 0.29) is 0 Å². The maximum Gasteiger partial charge on any atom is 0.123 e. The fourth-order valence-electron chi connectivity index (χ4n) is 2.11. The molecule has 0 saturated carbocycles. The van der Waals surface area contributed by atoms with Gasteiger partial charge in [-0.2, -0.15) is 5.26 Å². The summed E-state index contributed by atoms with van der Waals surface area (Å²) >= 11 is 0. The Labute approximate surface area is 110 Å². The number of rotatable bonds is 7. The first-order valence-electron chi connectivity index (χ1n) is 6.54. The van der Waals surface area contributed by atoms with E-state index in [9.17, 15) is 0 Å². The van der Waals surface area contributed by atoms with E-state index in [1.54, 1.807) is 13.2 Å². The highest BCUT2D eigenvalue weighted by Crippen LogP contribution is 2.21. The van der Waals surface area contributed by atoms with Gasteiger partial charge < -0.3 is 4.74 Å². The molecule has 0 amide bonds. The third-order valence-corrected chi connectivity index (χ3v) is 2.88. The second-order valence-corrected chi connectivity index (χ2v) is 4.41. The van der Waals surface area contributed by atoms with Crippen LogP contribution in [0.5, 0.6) is 5.75 Å². The molecule has 18 heavy (non-hydrogen) atoms. The quantitative estimate of drug-likeness (QED) is 0.741. The first-order chi connectivity index (χ1) is 8.74. The molecule has 0 unspecified atom stereocenters. The highest BCUT2D eigenvalue weighted by Gasteiger charge is 2.09. The molecule has 0 N–H and O–H groups in total. The van der Waals surface area contributed by atoms with E-state index in [1.807, 2.05) is 12.1 Å². The summed E-state index contributed by atoms with van der Waals surface area (Å²) < 4.78 is 5.37. The van der Waals surface area contributed by atoms with E-state index >= 15 is 0 Å². The van der Waals surface area contributed by atoms with E-state index < -0.39 is 0 Å². The SMILES string of the molecule is CCCN(CCC)Cc1cc(C#N)ccc1OC. The molecule has 3 heteroatoms. The number of methoxy groups -OCH3 is 1. The van der Waals surface area contributed by atoms with Gasteiger partial charge in [-0.25, -0.2) is 0 Å². The minimum atomic E-state index is 0.693. The van der Waals surface area contributed by atoms with Gasteiger partial charge in [0.1, 0.15) is 5.75 Å². The van der Waals surface area contributed by atoms with Gasteiger partial charge in [0.15, 0.2) is 0 Å². The molecule has 0 heterocycles. The standard InChI is InChI=1S/C15H22N2O/c1-4-8-17(9-5-2)12-14-10-13(11-16)6-7-15(14)18-3/h6-7,10H,4-5,8-9,12H2,1-3H3. The lowest BCUT2D eigenvalue weighted by atomic mass is 10.1. The fourth-order valence-corrected chi connectivity index (χ4v) is 2.11. The summed E-state index contributed by atoms with van der Waals surface area (Å²) in [6, 6.07) is 7.79. The van der Waals surface area contributed by atoms with Crippen molar-refractivity contribution < 1.29 is 4.74 Å². The van der Waals surface area contributed by atoms with E-state index in [0.717, 1.165) is 43.8 Å². The van der Waals surface area contributed by atoms with Gasteiger partial charge in [0.25, 0.3) is 0 Å². The summed E-state index contributed by atoms with van der Waals surface area (Å²) in [7, 11) is 1.68. The van der Waals surface area contributed by atoms with Gasteiger partial charge in [0.05, 0.1) is 18.7 Å². The van der Waals surface area contributed by atoms with Crippen LogP contribution in [-0.2, 0) is 6.54 Å². The van der Waals surface area contributed by atoms with Crippen LogP contribution >= 0.6 is 0 Å². The molecular formula is C15H22N2O. The summed E-state index contributed by atoms with van der Waals surface area (Å²) in [5, 5.41) is 8.96. The van der Waals surface area contributed by atoms with Gasteiger partial charge in [0, 0.05) is 12.1 Å². The zero-order valence-corrected chi connectivity index (χ0v) is 11.6. The van der Waals surface area contributed by atoms with Gasteiger partial charge >= 0.3 is 0 Å². The molecule has 0 spiro atoms. The van der Waals surface area contributed by atoms with Crippen LogP contribution in [0.3, 0.4) is 0 Å². The topological polar surface area (TPSA) is 36.3 Å². The summed E-state index contributed by atoms with van der Waals surface area (Å²) in [6.07, 6.45) is 2.28. The Balaban J connectivity index is 2.88. The van der Waals surface area contributed by atoms with Crippen molar-refractivity contribution in [2.75, 3.05) is 20.2 Å². The first kappa shape index (κ1) is 14.5. The number of nitriles is 1. The van der Waals surface area contributed by atoms with Crippen molar-refractivity contribution in [1.29, 1.82) is 5.26 Å². The summed E-state index contributed by atoms with van der Waals surface area (Å²) in [5.74, 6) is 0.867. The molecule has 0 aliphatic rings. The summed E-state index contributed by atoms with van der Waals surface area (Å²) in [4.78, 5) is 2.40. The van der Waals surface area contributed by atoms with Crippen molar-refractivity contribution >= 4 is 0 Å². The summed E-state index contributed by atoms with van der Waals surface area (Å²) in [6.45, 7) is 7.37. The fraction of sp³-hybridized carbons (Fsp3) is 0.533. The summed E-state index contributed by atoms with van der Waals surface area (Å²) in [5.41, 5.74) is 1.79. The molecule has 0 fully saturated rings. The van der Waals surface area contributed by atoms with E-state index in [0.29, 0.717) is 5.56 Å². The van der Waals surface area contributed by atoms with Gasteiger partial charge in [-0.1, -0.05) is 13.8 Å². The lowest BCUT2D eigenvalue weighted by Crippen LogP contribution is -2.25. The largest absolute Gasteiger partial charge is 0.496 e. The molecule has 0 aliphatic carbocycles. The molecular weight excluding hydrogens is 224 g/mol. The van der Waals surface area contributed by atoms with Crippen molar-refractivity contribution in [2.45, 2.75) is 33.2 Å². The first-order valence-corrected chi connectivity index (χ1v) is 6.54. The van der Waals surface area contributed by atoms with Crippen LogP contribution < -0.4 is 4.74 Å². The Morgan fingerprint density at radius 1 is 1.22 bits per heavy atom. The highest BCUT2D eigenvalue weighted by atomic mass is 16.5. The molecule has 3 nitrogen and oxygen atoms in total. The maximum atomic E-state index is 8.96. The normalized spacial score (nSPS) is 10.4. The van der Waals surface area contributed by atoms with Crippen LogP contribution in [0.2, 0.25) is 0 Å². The third-order valence-electron chi connectivity index (χ3n) is 2.88. The smallest absolute Gasteiger partial charge is 0.123 e. The average molecular weight is 246 g/mol. The molecule has 0 atom stereocenters. The molecule has 1 aromatic carbocycles. The highest BCUT2D eigenvalue weighted by molar-refractivity contribution is 5.42. The molecule has 98 valence electrons. The molecule has 0 bridgehead atoms. The van der Waals surface area contributed by atoms with Crippen LogP contribution in [0.1, 0.15) is 37.8 Å². The zero-order valence-electron chi connectivity index (χ0n) is 11.6. The minimum absolute atomic E-state index is 0.693. The molecule has 0 radical (unpaired) electrons. The van der Waals surface area contributed by atoms with Crippen LogP contribution in [0.25, 0.3) is 0 Å². The predicted octanol–water partition coefficient (Wildman–Crippen LogP) is 3.19. The van der Waals surface area contributed by atoms with E-state index in [1.165, 1.54) is 0 Å². The minimum Gasteiger partial charge on any atom is -0.496 e. The Bertz CT molecular complexity index is 403. The van der Waals surface area contributed by atoms with Gasteiger partial charge in [0.2, 0.25) is 0 Å². The van der Waals surface area contributed by atoms with Crippen molar-refractivity contribution in [3.63, 3.8) is 0 Å². The van der Waals surface area contributed by atoms with Gasteiger partial charge in [-0.3, -0.25) is 4.90 Å². The average Bonchev–Trinajstić information content (AvgIpc) is 2.39.